The van der Waals surface area contributed by atoms with Gasteiger partial charge in [-0.25, -0.2) is 0 Å². The Bertz CT molecular complexity index is 361. The van der Waals surface area contributed by atoms with Crippen molar-refractivity contribution in [3.05, 3.63) is 28.8 Å². The Labute approximate surface area is 83.4 Å². The van der Waals surface area contributed by atoms with Crippen molar-refractivity contribution < 1.29 is 5.11 Å². The van der Waals surface area contributed by atoms with Crippen molar-refractivity contribution in [2.24, 2.45) is 0 Å². The Morgan fingerprint density at radius 3 is 2.62 bits per heavy atom. The van der Waals surface area contributed by atoms with E-state index in [1.54, 1.807) is 18.2 Å². The second kappa shape index (κ2) is 3.32. The zero-order chi connectivity index (χ0) is 10.1. The van der Waals surface area contributed by atoms with Crippen molar-refractivity contribution in [3.63, 3.8) is 0 Å². The predicted octanol–water partition coefficient (Wildman–Crippen LogP) is 2.96. The highest BCUT2D eigenvalue weighted by Crippen LogP contribution is 2.32. The summed E-state index contributed by atoms with van der Waals surface area (Å²) >= 11 is 5.80. The first-order chi connectivity index (χ1) is 5.97. The summed E-state index contributed by atoms with van der Waals surface area (Å²) in [5.41, 5.74) is 0.192. The van der Waals surface area contributed by atoms with Crippen LogP contribution in [0.1, 0.15) is 19.4 Å². The SMILES string of the molecule is C#CC(C)(C)c1cc(Cl)ccc1O. The van der Waals surface area contributed by atoms with E-state index in [1.165, 1.54) is 0 Å². The molecule has 0 fully saturated rings. The molecule has 0 aromatic heterocycles. The Morgan fingerprint density at radius 1 is 1.46 bits per heavy atom. The minimum atomic E-state index is -0.491. The minimum absolute atomic E-state index is 0.187. The van der Waals surface area contributed by atoms with Gasteiger partial charge in [0.25, 0.3) is 0 Å². The Balaban J connectivity index is 3.30. The third-order valence-corrected chi connectivity index (χ3v) is 2.23. The standard InChI is InChI=1S/C11H11ClO/c1-4-11(2,3)9-7-8(12)5-6-10(9)13/h1,5-7,13H,2-3H3. The quantitative estimate of drug-likeness (QED) is 0.682. The molecule has 68 valence electrons. The first kappa shape index (κ1) is 9.95. The van der Waals surface area contributed by atoms with Gasteiger partial charge in [-0.3, -0.25) is 0 Å². The lowest BCUT2D eigenvalue weighted by Gasteiger charge is -2.19. The molecule has 1 aromatic carbocycles. The van der Waals surface area contributed by atoms with E-state index >= 15 is 0 Å². The highest BCUT2D eigenvalue weighted by Gasteiger charge is 2.21. The third-order valence-electron chi connectivity index (χ3n) is 1.99. The topological polar surface area (TPSA) is 20.2 Å². The second-order valence-corrected chi connectivity index (χ2v) is 3.87. The number of rotatable bonds is 1. The van der Waals surface area contributed by atoms with Gasteiger partial charge in [-0.1, -0.05) is 17.5 Å². The lowest BCUT2D eigenvalue weighted by molar-refractivity contribution is 0.457. The molecule has 0 saturated heterocycles. The molecule has 0 aliphatic rings. The summed E-state index contributed by atoms with van der Waals surface area (Å²) in [6.45, 7) is 3.72. The van der Waals surface area contributed by atoms with Crippen LogP contribution in [0.25, 0.3) is 0 Å². The molecule has 0 spiro atoms. The molecular formula is C11H11ClO. The number of benzene rings is 1. The molecule has 0 radical (unpaired) electrons. The van der Waals surface area contributed by atoms with Crippen molar-refractivity contribution in [2.45, 2.75) is 19.3 Å². The lowest BCUT2D eigenvalue weighted by Crippen LogP contribution is -2.13. The van der Waals surface area contributed by atoms with E-state index < -0.39 is 5.41 Å². The molecule has 1 aromatic rings. The van der Waals surface area contributed by atoms with E-state index in [2.05, 4.69) is 5.92 Å². The van der Waals surface area contributed by atoms with E-state index in [9.17, 15) is 5.11 Å². The summed E-state index contributed by atoms with van der Waals surface area (Å²) in [6.07, 6.45) is 5.35. The summed E-state index contributed by atoms with van der Waals surface area (Å²) in [6, 6.07) is 4.88. The van der Waals surface area contributed by atoms with Gasteiger partial charge in [-0.05, 0) is 32.0 Å². The van der Waals surface area contributed by atoms with Gasteiger partial charge in [-0.2, -0.15) is 0 Å². The molecule has 1 rings (SSSR count). The van der Waals surface area contributed by atoms with E-state index in [0.29, 0.717) is 10.6 Å². The van der Waals surface area contributed by atoms with Crippen LogP contribution in [-0.4, -0.2) is 5.11 Å². The van der Waals surface area contributed by atoms with Gasteiger partial charge in [0.05, 0.1) is 5.41 Å². The van der Waals surface area contributed by atoms with Gasteiger partial charge in [0.1, 0.15) is 5.75 Å². The largest absolute Gasteiger partial charge is 0.508 e. The number of terminal acetylenes is 1. The van der Waals surface area contributed by atoms with Crippen molar-refractivity contribution >= 4 is 11.6 Å². The van der Waals surface area contributed by atoms with Crippen LogP contribution in [0.3, 0.4) is 0 Å². The van der Waals surface area contributed by atoms with Gasteiger partial charge in [0.15, 0.2) is 0 Å². The normalized spacial score (nSPS) is 10.9. The number of phenols is 1. The monoisotopic (exact) mass is 194 g/mol. The van der Waals surface area contributed by atoms with Crippen LogP contribution in [0.5, 0.6) is 5.75 Å². The van der Waals surface area contributed by atoms with Crippen LogP contribution in [0.4, 0.5) is 0 Å². The number of aromatic hydroxyl groups is 1. The molecule has 0 amide bonds. The lowest BCUT2D eigenvalue weighted by atomic mass is 9.85. The van der Waals surface area contributed by atoms with Crippen LogP contribution < -0.4 is 0 Å². The van der Waals surface area contributed by atoms with E-state index in [1.807, 2.05) is 13.8 Å². The summed E-state index contributed by atoms with van der Waals surface area (Å²) in [5.74, 6) is 2.79. The van der Waals surface area contributed by atoms with Gasteiger partial charge < -0.3 is 5.11 Å². The second-order valence-electron chi connectivity index (χ2n) is 3.43. The molecule has 0 heterocycles. The molecule has 0 unspecified atom stereocenters. The van der Waals surface area contributed by atoms with E-state index in [0.717, 1.165) is 0 Å². The molecule has 13 heavy (non-hydrogen) atoms. The zero-order valence-electron chi connectivity index (χ0n) is 7.63. The Morgan fingerprint density at radius 2 is 2.08 bits per heavy atom. The zero-order valence-corrected chi connectivity index (χ0v) is 8.39. The van der Waals surface area contributed by atoms with Gasteiger partial charge >= 0.3 is 0 Å². The smallest absolute Gasteiger partial charge is 0.120 e. The van der Waals surface area contributed by atoms with Crippen molar-refractivity contribution in [1.29, 1.82) is 0 Å². The molecule has 1 nitrogen and oxygen atoms in total. The molecule has 0 aliphatic carbocycles. The van der Waals surface area contributed by atoms with Gasteiger partial charge in [0.2, 0.25) is 0 Å². The van der Waals surface area contributed by atoms with Crippen LogP contribution in [0, 0.1) is 12.3 Å². The molecule has 0 bridgehead atoms. The average Bonchev–Trinajstić information content (AvgIpc) is 2.09. The summed E-state index contributed by atoms with van der Waals surface area (Å²) in [5, 5.41) is 10.1. The van der Waals surface area contributed by atoms with Crippen LogP contribution in [0.2, 0.25) is 5.02 Å². The number of halogens is 1. The maximum absolute atomic E-state index is 9.55. The summed E-state index contributed by atoms with van der Waals surface area (Å²) in [7, 11) is 0. The van der Waals surface area contributed by atoms with Crippen molar-refractivity contribution in [1.82, 2.24) is 0 Å². The van der Waals surface area contributed by atoms with E-state index in [4.69, 9.17) is 18.0 Å². The van der Waals surface area contributed by atoms with Crippen molar-refractivity contribution in [2.75, 3.05) is 0 Å². The van der Waals surface area contributed by atoms with Crippen LogP contribution in [0.15, 0.2) is 18.2 Å². The summed E-state index contributed by atoms with van der Waals surface area (Å²) in [4.78, 5) is 0. The number of hydrogen-bond donors (Lipinski definition) is 1. The maximum Gasteiger partial charge on any atom is 0.120 e. The van der Waals surface area contributed by atoms with E-state index in [-0.39, 0.29) is 5.75 Å². The molecule has 0 saturated carbocycles. The predicted molar refractivity (Wildman–Crippen MR) is 55.0 cm³/mol. The molecule has 1 N–H and O–H groups in total. The number of phenolic OH excluding ortho intramolecular Hbond substituents is 1. The maximum atomic E-state index is 9.55. The highest BCUT2D eigenvalue weighted by atomic mass is 35.5. The Hall–Kier alpha value is -1.13. The Kier molecular flexibility index (Phi) is 2.54. The van der Waals surface area contributed by atoms with Gasteiger partial charge in [0, 0.05) is 10.6 Å². The first-order valence-corrected chi connectivity index (χ1v) is 4.32. The fourth-order valence-corrected chi connectivity index (χ4v) is 1.26. The molecule has 0 aliphatic heterocycles. The molecular weight excluding hydrogens is 184 g/mol. The third kappa shape index (κ3) is 1.96. The summed E-state index contributed by atoms with van der Waals surface area (Å²) < 4.78 is 0. The fraction of sp³-hybridized carbons (Fsp3) is 0.273. The first-order valence-electron chi connectivity index (χ1n) is 3.94. The number of hydrogen-bond acceptors (Lipinski definition) is 1. The fourth-order valence-electron chi connectivity index (χ4n) is 1.09. The minimum Gasteiger partial charge on any atom is -0.508 e. The van der Waals surface area contributed by atoms with Crippen LogP contribution in [-0.2, 0) is 5.41 Å². The van der Waals surface area contributed by atoms with Gasteiger partial charge in [-0.15, -0.1) is 6.42 Å². The highest BCUT2D eigenvalue weighted by molar-refractivity contribution is 6.30. The average molecular weight is 195 g/mol. The molecule has 2 heteroatoms. The molecule has 0 atom stereocenters. The van der Waals surface area contributed by atoms with Crippen LogP contribution >= 0.6 is 11.6 Å². The van der Waals surface area contributed by atoms with Crippen molar-refractivity contribution in [3.8, 4) is 18.1 Å².